The zero-order chi connectivity index (χ0) is 15.0. The van der Waals surface area contributed by atoms with Crippen LogP contribution in [0.15, 0.2) is 12.1 Å². The van der Waals surface area contributed by atoms with Gasteiger partial charge in [0.25, 0.3) is 11.6 Å². The fraction of sp³-hybridized carbons (Fsp3) is 0.273. The number of amides is 2. The molecule has 7 nitrogen and oxygen atoms in total. The summed E-state index contributed by atoms with van der Waals surface area (Å²) in [6.45, 7) is 0. The normalized spacial score (nSPS) is 18.6. The van der Waals surface area contributed by atoms with E-state index in [1.807, 2.05) is 0 Å². The largest absolute Gasteiger partial charge is 0.368 e. The minimum Gasteiger partial charge on any atom is -0.368 e. The minimum absolute atomic E-state index is 0.103. The number of benzene rings is 1. The number of imide groups is 1. The monoisotopic (exact) mass is 393 g/mol. The van der Waals surface area contributed by atoms with Gasteiger partial charge in [0.05, 0.1) is 14.9 Å². The lowest BCUT2D eigenvalue weighted by atomic mass is 10.2. The number of carbonyl (C=O) groups is 2. The van der Waals surface area contributed by atoms with Crippen molar-refractivity contribution in [1.82, 2.24) is 4.90 Å². The van der Waals surface area contributed by atoms with Gasteiger partial charge in [-0.3, -0.25) is 24.6 Å². The van der Waals surface area contributed by atoms with Crippen molar-refractivity contribution in [2.24, 2.45) is 0 Å². The third-order valence-electron chi connectivity index (χ3n) is 2.95. The van der Waals surface area contributed by atoms with Gasteiger partial charge < -0.3 is 5.32 Å². The molecule has 106 valence electrons. The number of hydrogen-bond donors (Lipinski definition) is 1. The highest BCUT2D eigenvalue weighted by Gasteiger charge is 2.37. The first-order valence-electron chi connectivity index (χ1n) is 5.51. The maximum Gasteiger partial charge on any atom is 0.293 e. The maximum atomic E-state index is 13.5. The first-order valence-corrected chi connectivity index (χ1v) is 6.59. The summed E-state index contributed by atoms with van der Waals surface area (Å²) in [5.41, 5.74) is -0.458. The molecule has 20 heavy (non-hydrogen) atoms. The zero-order valence-corrected chi connectivity index (χ0v) is 12.4. The van der Waals surface area contributed by atoms with Crippen LogP contribution in [0.1, 0.15) is 6.42 Å². The van der Waals surface area contributed by atoms with Gasteiger partial charge in [0, 0.05) is 19.2 Å². The molecule has 1 aromatic rings. The SMILES string of the molecule is CN1C(=O)CC(Nc2cc(F)c(I)cc2[N+](=O)[O-])C1=O. The van der Waals surface area contributed by atoms with Crippen molar-refractivity contribution >= 4 is 45.8 Å². The molecule has 1 unspecified atom stereocenters. The molecule has 0 spiro atoms. The highest BCUT2D eigenvalue weighted by molar-refractivity contribution is 14.1. The van der Waals surface area contributed by atoms with Crippen LogP contribution in [0.5, 0.6) is 0 Å². The first-order chi connectivity index (χ1) is 9.31. The molecule has 0 bridgehead atoms. The van der Waals surface area contributed by atoms with Crippen molar-refractivity contribution in [1.29, 1.82) is 0 Å². The van der Waals surface area contributed by atoms with E-state index in [4.69, 9.17) is 0 Å². The van der Waals surface area contributed by atoms with Crippen LogP contribution in [0.3, 0.4) is 0 Å². The van der Waals surface area contributed by atoms with Crippen LogP contribution in [0, 0.1) is 19.5 Å². The van der Waals surface area contributed by atoms with Crippen LogP contribution in [0.25, 0.3) is 0 Å². The van der Waals surface area contributed by atoms with E-state index in [0.29, 0.717) is 0 Å². The smallest absolute Gasteiger partial charge is 0.293 e. The Bertz CT molecular complexity index is 622. The van der Waals surface area contributed by atoms with Gasteiger partial charge in [0.2, 0.25) is 5.91 Å². The number of anilines is 1. The number of likely N-dealkylation sites (N-methyl/N-ethyl adjacent to an activating group) is 1. The van der Waals surface area contributed by atoms with Gasteiger partial charge in [-0.1, -0.05) is 0 Å². The van der Waals surface area contributed by atoms with E-state index in [0.717, 1.165) is 17.0 Å². The Morgan fingerprint density at radius 2 is 2.15 bits per heavy atom. The summed E-state index contributed by atoms with van der Waals surface area (Å²) in [7, 11) is 1.33. The predicted molar refractivity (Wildman–Crippen MR) is 75.6 cm³/mol. The third-order valence-corrected chi connectivity index (χ3v) is 3.77. The van der Waals surface area contributed by atoms with E-state index in [9.17, 15) is 24.1 Å². The average Bonchev–Trinajstić information content (AvgIpc) is 2.61. The number of nitrogens with one attached hydrogen (secondary N) is 1. The first kappa shape index (κ1) is 14.6. The van der Waals surface area contributed by atoms with Crippen molar-refractivity contribution in [3.05, 3.63) is 31.6 Å². The Morgan fingerprint density at radius 1 is 1.50 bits per heavy atom. The van der Waals surface area contributed by atoms with Gasteiger partial charge in [-0.2, -0.15) is 0 Å². The van der Waals surface area contributed by atoms with Gasteiger partial charge in [0.15, 0.2) is 0 Å². The van der Waals surface area contributed by atoms with E-state index in [1.54, 1.807) is 22.6 Å². The van der Waals surface area contributed by atoms with Crippen LogP contribution in [-0.4, -0.2) is 34.7 Å². The van der Waals surface area contributed by atoms with Gasteiger partial charge >= 0.3 is 0 Å². The summed E-state index contributed by atoms with van der Waals surface area (Å²) in [6, 6.07) is 1.12. The second-order valence-electron chi connectivity index (χ2n) is 4.23. The van der Waals surface area contributed by atoms with Crippen molar-refractivity contribution < 1.29 is 18.9 Å². The number of nitrogens with zero attached hydrogens (tertiary/aromatic N) is 2. The third kappa shape index (κ3) is 2.57. The van der Waals surface area contributed by atoms with Crippen LogP contribution in [-0.2, 0) is 9.59 Å². The topological polar surface area (TPSA) is 92.6 Å². The van der Waals surface area contributed by atoms with E-state index < -0.39 is 22.7 Å². The molecule has 1 aliphatic rings. The van der Waals surface area contributed by atoms with Crippen LogP contribution in [0.2, 0.25) is 0 Å². The number of likely N-dealkylation sites (tertiary alicyclic amines) is 1. The number of halogens is 2. The van der Waals surface area contributed by atoms with Crippen LogP contribution < -0.4 is 5.32 Å². The summed E-state index contributed by atoms with van der Waals surface area (Å²) in [6.07, 6.45) is -0.111. The van der Waals surface area contributed by atoms with Gasteiger partial charge in [-0.25, -0.2) is 4.39 Å². The molecule has 0 saturated carbocycles. The summed E-state index contributed by atoms with van der Waals surface area (Å²) < 4.78 is 13.6. The Hall–Kier alpha value is -1.78. The number of carbonyl (C=O) groups excluding carboxylic acids is 2. The Morgan fingerprint density at radius 3 is 2.65 bits per heavy atom. The van der Waals surface area contributed by atoms with Crippen LogP contribution >= 0.6 is 22.6 Å². The number of hydrogen-bond acceptors (Lipinski definition) is 5. The lowest BCUT2D eigenvalue weighted by molar-refractivity contribution is -0.384. The van der Waals surface area contributed by atoms with Gasteiger partial charge in [-0.05, 0) is 22.6 Å². The lowest BCUT2D eigenvalue weighted by Gasteiger charge is -2.13. The fourth-order valence-corrected chi connectivity index (χ4v) is 2.31. The summed E-state index contributed by atoms with van der Waals surface area (Å²) >= 11 is 1.64. The molecule has 1 atom stereocenters. The van der Waals surface area contributed by atoms with E-state index in [-0.39, 0.29) is 27.3 Å². The summed E-state index contributed by atoms with van der Waals surface area (Å²) in [5.74, 6) is -1.52. The maximum absolute atomic E-state index is 13.5. The number of rotatable bonds is 3. The van der Waals surface area contributed by atoms with Crippen molar-refractivity contribution in [2.75, 3.05) is 12.4 Å². The second-order valence-corrected chi connectivity index (χ2v) is 5.39. The number of nitro groups is 1. The Balaban J connectivity index is 2.34. The molecular weight excluding hydrogens is 384 g/mol. The average molecular weight is 393 g/mol. The van der Waals surface area contributed by atoms with Gasteiger partial charge in [-0.15, -0.1) is 0 Å². The molecule has 0 aromatic heterocycles. The molecular formula is C11H9FIN3O4. The molecule has 1 aromatic carbocycles. The molecule has 1 N–H and O–H groups in total. The Labute approximate surface area is 126 Å². The molecule has 1 fully saturated rings. The van der Waals surface area contributed by atoms with Crippen molar-refractivity contribution in [2.45, 2.75) is 12.5 Å². The second kappa shape index (κ2) is 5.31. The predicted octanol–water partition coefficient (Wildman–Crippen LogP) is 1.51. The standard InChI is InChI=1S/C11H9FIN3O4/c1-15-10(17)4-8(11(15)18)14-7-2-5(12)6(13)3-9(7)16(19)20/h2-3,8,14H,4H2,1H3. The Kier molecular flexibility index (Phi) is 3.88. The highest BCUT2D eigenvalue weighted by atomic mass is 127. The number of nitro benzene ring substituents is 1. The molecule has 0 radical (unpaired) electrons. The minimum atomic E-state index is -0.911. The van der Waals surface area contributed by atoms with Crippen molar-refractivity contribution in [3.8, 4) is 0 Å². The lowest BCUT2D eigenvalue weighted by Crippen LogP contribution is -2.32. The fourth-order valence-electron chi connectivity index (χ4n) is 1.86. The van der Waals surface area contributed by atoms with E-state index >= 15 is 0 Å². The highest BCUT2D eigenvalue weighted by Crippen LogP contribution is 2.30. The molecule has 0 aliphatic carbocycles. The zero-order valence-electron chi connectivity index (χ0n) is 10.2. The van der Waals surface area contributed by atoms with E-state index in [1.165, 1.54) is 7.05 Å². The molecule has 1 aliphatic heterocycles. The molecule has 9 heteroatoms. The van der Waals surface area contributed by atoms with Crippen LogP contribution in [0.4, 0.5) is 15.8 Å². The summed E-state index contributed by atoms with van der Waals surface area (Å²) in [5, 5.41) is 13.5. The summed E-state index contributed by atoms with van der Waals surface area (Å²) in [4.78, 5) is 34.3. The quantitative estimate of drug-likeness (QED) is 0.364. The molecule has 1 saturated heterocycles. The van der Waals surface area contributed by atoms with Gasteiger partial charge in [0.1, 0.15) is 17.5 Å². The molecule has 2 rings (SSSR count). The van der Waals surface area contributed by atoms with E-state index in [2.05, 4.69) is 5.32 Å². The van der Waals surface area contributed by atoms with Crippen molar-refractivity contribution in [3.63, 3.8) is 0 Å². The molecule has 1 heterocycles. The molecule has 2 amide bonds.